The van der Waals surface area contributed by atoms with Crippen molar-refractivity contribution in [2.75, 3.05) is 5.32 Å². The van der Waals surface area contributed by atoms with Gasteiger partial charge in [0.1, 0.15) is 0 Å². The molecule has 0 fully saturated rings. The molecule has 0 radical (unpaired) electrons. The fraction of sp³-hybridized carbons (Fsp3) is 0.200. The largest absolute Gasteiger partial charge is 0.296 e. The van der Waals surface area contributed by atoms with Crippen LogP contribution >= 0.6 is 0 Å². The lowest BCUT2D eigenvalue weighted by atomic mass is 10.4. The third-order valence-corrected chi connectivity index (χ3v) is 1.98. The van der Waals surface area contributed by atoms with Crippen molar-refractivity contribution >= 4 is 11.9 Å². The minimum Gasteiger partial charge on any atom is -0.296 e. The number of H-pyrrole nitrogens is 2. The van der Waals surface area contributed by atoms with Crippen molar-refractivity contribution in [1.29, 1.82) is 0 Å². The van der Waals surface area contributed by atoms with Crippen molar-refractivity contribution < 1.29 is 0 Å². The van der Waals surface area contributed by atoms with Gasteiger partial charge in [0.15, 0.2) is 0 Å². The monoisotopic (exact) mass is 233 g/mol. The van der Waals surface area contributed by atoms with Crippen molar-refractivity contribution in [2.24, 2.45) is 0 Å². The molecule has 7 nitrogen and oxygen atoms in total. The Balaban J connectivity index is 2.37. The van der Waals surface area contributed by atoms with Gasteiger partial charge in [-0.05, 0) is 13.8 Å². The normalized spacial score (nSPS) is 10.2. The lowest BCUT2D eigenvalue weighted by Crippen LogP contribution is -2.15. The highest BCUT2D eigenvalue weighted by Gasteiger charge is 2.01. The molecule has 0 aromatic carbocycles. The van der Waals surface area contributed by atoms with E-state index in [1.165, 1.54) is 12.1 Å². The molecule has 17 heavy (non-hydrogen) atoms. The van der Waals surface area contributed by atoms with Gasteiger partial charge < -0.3 is 0 Å². The standard InChI is InChI=1S/C10H11N5O2/c1-5-3-7(16)13-9(11-5)15-10-12-6(2)4-8(17)14-10/h3-4H,1-2H3,(H3,11,12,13,14,15,16,17). The summed E-state index contributed by atoms with van der Waals surface area (Å²) < 4.78 is 0. The lowest BCUT2D eigenvalue weighted by molar-refractivity contribution is 1.02. The van der Waals surface area contributed by atoms with Gasteiger partial charge >= 0.3 is 0 Å². The molecule has 0 aliphatic carbocycles. The number of nitrogens with one attached hydrogen (secondary N) is 3. The van der Waals surface area contributed by atoms with Crippen LogP contribution in [0.3, 0.4) is 0 Å². The number of aryl methyl sites for hydroxylation is 2. The molecule has 0 bridgehead atoms. The highest BCUT2D eigenvalue weighted by atomic mass is 16.1. The van der Waals surface area contributed by atoms with Gasteiger partial charge in [0.05, 0.1) is 0 Å². The van der Waals surface area contributed by atoms with Gasteiger partial charge in [-0.3, -0.25) is 24.9 Å². The van der Waals surface area contributed by atoms with E-state index in [1.54, 1.807) is 13.8 Å². The van der Waals surface area contributed by atoms with Gasteiger partial charge in [0.2, 0.25) is 11.9 Å². The predicted molar refractivity (Wildman–Crippen MR) is 62.5 cm³/mol. The highest BCUT2D eigenvalue weighted by Crippen LogP contribution is 2.04. The van der Waals surface area contributed by atoms with Gasteiger partial charge in [-0.15, -0.1) is 0 Å². The van der Waals surface area contributed by atoms with Gasteiger partial charge in [-0.1, -0.05) is 0 Å². The van der Waals surface area contributed by atoms with E-state index >= 15 is 0 Å². The molecule has 0 spiro atoms. The van der Waals surface area contributed by atoms with Crippen LogP contribution in [0.1, 0.15) is 11.4 Å². The first-order valence-electron chi connectivity index (χ1n) is 4.96. The molecule has 0 atom stereocenters. The number of rotatable bonds is 2. The van der Waals surface area contributed by atoms with E-state index in [0.29, 0.717) is 11.4 Å². The van der Waals surface area contributed by atoms with Crippen molar-refractivity contribution in [2.45, 2.75) is 13.8 Å². The number of anilines is 2. The molecule has 7 heteroatoms. The maximum atomic E-state index is 11.2. The number of hydrogen-bond donors (Lipinski definition) is 3. The van der Waals surface area contributed by atoms with Crippen LogP contribution in [-0.2, 0) is 0 Å². The smallest absolute Gasteiger partial charge is 0.252 e. The summed E-state index contributed by atoms with van der Waals surface area (Å²) >= 11 is 0. The summed E-state index contributed by atoms with van der Waals surface area (Å²) in [4.78, 5) is 35.5. The Labute approximate surface area is 96.0 Å². The molecule has 88 valence electrons. The van der Waals surface area contributed by atoms with Crippen molar-refractivity contribution in [3.05, 3.63) is 44.2 Å². The Kier molecular flexibility index (Phi) is 2.73. The topological polar surface area (TPSA) is 104 Å². The van der Waals surface area contributed by atoms with Crippen molar-refractivity contribution in [3.8, 4) is 0 Å². The summed E-state index contributed by atoms with van der Waals surface area (Å²) in [5, 5.41) is 2.73. The van der Waals surface area contributed by atoms with Crippen molar-refractivity contribution in [3.63, 3.8) is 0 Å². The third kappa shape index (κ3) is 2.77. The molecule has 2 aromatic heterocycles. The van der Waals surface area contributed by atoms with Gasteiger partial charge in [0.25, 0.3) is 11.1 Å². The van der Waals surface area contributed by atoms with Crippen LogP contribution in [0.5, 0.6) is 0 Å². The third-order valence-electron chi connectivity index (χ3n) is 1.98. The first kappa shape index (κ1) is 11.1. The van der Waals surface area contributed by atoms with Crippen LogP contribution in [0.25, 0.3) is 0 Å². The van der Waals surface area contributed by atoms with Gasteiger partial charge in [0, 0.05) is 23.5 Å². The summed E-state index contributed by atoms with van der Waals surface area (Å²) in [5.74, 6) is 0.479. The highest BCUT2D eigenvalue weighted by molar-refractivity contribution is 5.41. The van der Waals surface area contributed by atoms with E-state index in [-0.39, 0.29) is 23.0 Å². The quantitative estimate of drug-likeness (QED) is 0.688. The summed E-state index contributed by atoms with van der Waals surface area (Å²) in [6, 6.07) is 2.75. The molecule has 0 aliphatic rings. The number of aromatic amines is 2. The summed E-state index contributed by atoms with van der Waals surface area (Å²) in [5.41, 5.74) is 0.613. The average molecular weight is 233 g/mol. The molecule has 0 unspecified atom stereocenters. The van der Waals surface area contributed by atoms with E-state index in [4.69, 9.17) is 0 Å². The second-order valence-electron chi connectivity index (χ2n) is 3.60. The first-order valence-corrected chi connectivity index (χ1v) is 4.96. The fourth-order valence-corrected chi connectivity index (χ4v) is 1.39. The zero-order valence-corrected chi connectivity index (χ0v) is 9.37. The molecule has 3 N–H and O–H groups in total. The Morgan fingerprint density at radius 3 is 1.71 bits per heavy atom. The fourth-order valence-electron chi connectivity index (χ4n) is 1.39. The molecule has 0 saturated heterocycles. The molecular formula is C10H11N5O2. The maximum absolute atomic E-state index is 11.2. The van der Waals surface area contributed by atoms with E-state index in [9.17, 15) is 9.59 Å². The Morgan fingerprint density at radius 2 is 1.35 bits per heavy atom. The molecule has 0 amide bonds. The van der Waals surface area contributed by atoms with Crippen LogP contribution < -0.4 is 16.4 Å². The first-order chi connectivity index (χ1) is 8.02. The molecule has 2 heterocycles. The van der Waals surface area contributed by atoms with E-state index in [2.05, 4.69) is 25.3 Å². The molecule has 0 saturated carbocycles. The average Bonchev–Trinajstić information content (AvgIpc) is 2.13. The lowest BCUT2D eigenvalue weighted by Gasteiger charge is -2.04. The Bertz CT molecular complexity index is 601. The minimum atomic E-state index is -0.269. The zero-order valence-electron chi connectivity index (χ0n) is 9.37. The molecular weight excluding hydrogens is 222 g/mol. The number of hydrogen-bond acceptors (Lipinski definition) is 5. The Hall–Kier alpha value is -2.44. The van der Waals surface area contributed by atoms with E-state index < -0.39 is 0 Å². The maximum Gasteiger partial charge on any atom is 0.252 e. The summed E-state index contributed by atoms with van der Waals surface area (Å²) in [6.45, 7) is 3.40. The van der Waals surface area contributed by atoms with Crippen LogP contribution in [-0.4, -0.2) is 19.9 Å². The van der Waals surface area contributed by atoms with E-state index in [0.717, 1.165) is 0 Å². The van der Waals surface area contributed by atoms with Crippen LogP contribution in [0.15, 0.2) is 21.7 Å². The number of aromatic nitrogens is 4. The second kappa shape index (κ2) is 4.20. The minimum absolute atomic E-state index is 0.240. The van der Waals surface area contributed by atoms with E-state index in [1.807, 2.05) is 0 Å². The molecule has 2 rings (SSSR count). The Morgan fingerprint density at radius 1 is 0.941 bits per heavy atom. The molecule has 2 aromatic rings. The number of nitrogens with zero attached hydrogens (tertiary/aromatic N) is 2. The predicted octanol–water partition coefficient (Wildman–Crippen LogP) is 0.214. The van der Waals surface area contributed by atoms with Crippen LogP contribution in [0.2, 0.25) is 0 Å². The van der Waals surface area contributed by atoms with Crippen LogP contribution in [0.4, 0.5) is 11.9 Å². The SMILES string of the molecule is Cc1cc(=O)[nH]c(Nc2nc(C)cc(=O)[nH]2)n1. The second-order valence-corrected chi connectivity index (χ2v) is 3.60. The summed E-state index contributed by atoms with van der Waals surface area (Å²) in [6.07, 6.45) is 0. The van der Waals surface area contributed by atoms with Gasteiger partial charge in [-0.25, -0.2) is 9.97 Å². The zero-order chi connectivity index (χ0) is 12.4. The van der Waals surface area contributed by atoms with Crippen molar-refractivity contribution in [1.82, 2.24) is 19.9 Å². The van der Waals surface area contributed by atoms with Gasteiger partial charge in [-0.2, -0.15) is 0 Å². The summed E-state index contributed by atoms with van der Waals surface area (Å²) in [7, 11) is 0. The van der Waals surface area contributed by atoms with Crippen LogP contribution in [0, 0.1) is 13.8 Å². The molecule has 0 aliphatic heterocycles.